The van der Waals surface area contributed by atoms with Gasteiger partial charge in [0.2, 0.25) is 5.96 Å². The van der Waals surface area contributed by atoms with Gasteiger partial charge in [0.05, 0.1) is 10.6 Å². The highest BCUT2D eigenvalue weighted by Gasteiger charge is 2.23. The van der Waals surface area contributed by atoms with Crippen LogP contribution in [0.15, 0.2) is 21.6 Å². The number of halogens is 1. The van der Waals surface area contributed by atoms with Crippen LogP contribution < -0.4 is 16.3 Å². The number of nitrogens with one attached hydrogen (secondary N) is 1. The molecule has 0 bridgehead atoms. The van der Waals surface area contributed by atoms with Crippen molar-refractivity contribution >= 4 is 39.0 Å². The maximum atomic E-state index is 11.4. The zero-order valence-electron chi connectivity index (χ0n) is 7.68. The van der Waals surface area contributed by atoms with Gasteiger partial charge in [0.25, 0.3) is 5.69 Å². The lowest BCUT2D eigenvalue weighted by molar-refractivity contribution is -0.384. The van der Waals surface area contributed by atoms with Gasteiger partial charge in [-0.15, -0.1) is 0 Å². The molecule has 0 amide bonds. The van der Waals surface area contributed by atoms with Gasteiger partial charge >= 0.3 is 0 Å². The molecule has 0 saturated carbocycles. The Hall–Kier alpha value is -1.87. The Morgan fingerprint density at radius 1 is 1.56 bits per heavy atom. The molecular formula is C7H5BrN5O3-. The first-order valence-electron chi connectivity index (χ1n) is 4.05. The first-order chi connectivity index (χ1) is 7.49. The van der Waals surface area contributed by atoms with E-state index in [1.165, 1.54) is 12.1 Å². The van der Waals surface area contributed by atoms with Gasteiger partial charge in [-0.25, -0.2) is 4.99 Å². The molecule has 0 radical (unpaired) electrons. The number of rotatable bonds is 1. The number of nitro benzene ring substituents is 1. The Morgan fingerprint density at radius 2 is 2.25 bits per heavy atom. The van der Waals surface area contributed by atoms with E-state index in [0.29, 0.717) is 9.64 Å². The molecule has 1 aromatic rings. The summed E-state index contributed by atoms with van der Waals surface area (Å²) in [4.78, 5) is 13.9. The number of fused-ring (bicyclic) bond motifs is 1. The van der Waals surface area contributed by atoms with Gasteiger partial charge in [0, 0.05) is 10.5 Å². The number of nitrogens with zero attached hydrogens (tertiary/aromatic N) is 3. The first-order valence-corrected chi connectivity index (χ1v) is 4.84. The van der Waals surface area contributed by atoms with Crippen LogP contribution in [0.4, 0.5) is 17.1 Å². The molecule has 8 nitrogen and oxygen atoms in total. The second-order valence-corrected chi connectivity index (χ2v) is 3.87. The molecule has 0 fully saturated rings. The van der Waals surface area contributed by atoms with Crippen molar-refractivity contribution in [1.82, 2.24) is 5.43 Å². The largest absolute Gasteiger partial charge is 0.739 e. The second-order valence-electron chi connectivity index (χ2n) is 2.95. The SMILES string of the molecule is NC1=Nc2c(cc(Br)cc2[N+](=O)[O-])N([O-])N1. The maximum absolute atomic E-state index is 11.4. The van der Waals surface area contributed by atoms with E-state index >= 15 is 0 Å². The fourth-order valence-corrected chi connectivity index (χ4v) is 1.72. The molecule has 16 heavy (non-hydrogen) atoms. The predicted molar refractivity (Wildman–Crippen MR) is 61.1 cm³/mol. The molecule has 0 unspecified atom stereocenters. The molecule has 2 rings (SSSR count). The van der Waals surface area contributed by atoms with Crippen LogP contribution in [0.2, 0.25) is 0 Å². The molecule has 0 aromatic heterocycles. The zero-order chi connectivity index (χ0) is 11.9. The third-order valence-corrected chi connectivity index (χ3v) is 2.36. The number of hydrogen-bond donors (Lipinski definition) is 2. The molecule has 84 valence electrons. The van der Waals surface area contributed by atoms with E-state index in [1.54, 1.807) is 0 Å². The normalized spacial score (nSPS) is 13.9. The monoisotopic (exact) mass is 286 g/mol. The van der Waals surface area contributed by atoms with Crippen LogP contribution in [-0.4, -0.2) is 10.9 Å². The fourth-order valence-electron chi connectivity index (χ4n) is 1.29. The van der Waals surface area contributed by atoms with Crippen molar-refractivity contribution in [2.75, 3.05) is 5.17 Å². The topological polar surface area (TPSA) is 120 Å². The van der Waals surface area contributed by atoms with Crippen LogP contribution in [0.5, 0.6) is 0 Å². The van der Waals surface area contributed by atoms with E-state index in [9.17, 15) is 15.3 Å². The quantitative estimate of drug-likeness (QED) is 0.590. The lowest BCUT2D eigenvalue weighted by atomic mass is 10.2. The van der Waals surface area contributed by atoms with E-state index in [1.807, 2.05) is 0 Å². The Balaban J connectivity index is 2.71. The highest BCUT2D eigenvalue weighted by atomic mass is 79.9. The van der Waals surface area contributed by atoms with Crippen LogP contribution in [0.1, 0.15) is 0 Å². The van der Waals surface area contributed by atoms with Gasteiger partial charge in [-0.1, -0.05) is 15.9 Å². The average molecular weight is 287 g/mol. The number of hydrogen-bond acceptors (Lipinski definition) is 7. The summed E-state index contributed by atoms with van der Waals surface area (Å²) in [6.07, 6.45) is 0. The molecular weight excluding hydrogens is 282 g/mol. The molecule has 3 N–H and O–H groups in total. The van der Waals surface area contributed by atoms with Gasteiger partial charge in [-0.05, 0) is 6.07 Å². The van der Waals surface area contributed by atoms with Gasteiger partial charge in [0.1, 0.15) is 0 Å². The van der Waals surface area contributed by atoms with Gasteiger partial charge < -0.3 is 16.1 Å². The smallest absolute Gasteiger partial charge is 0.298 e. The summed E-state index contributed by atoms with van der Waals surface area (Å²) in [5.41, 5.74) is 7.20. The van der Waals surface area contributed by atoms with Gasteiger partial charge in [0.15, 0.2) is 5.69 Å². The van der Waals surface area contributed by atoms with E-state index in [0.717, 1.165) is 0 Å². The van der Waals surface area contributed by atoms with Crippen LogP contribution in [0.3, 0.4) is 0 Å². The standard InChI is InChI=1S/C7H5BrN5O3/c8-3-1-4-6(5(2-3)13(15)16)10-7(9)11-12(4)14/h1-2H,(H3,9,10,11)/q-1. The second kappa shape index (κ2) is 3.61. The number of nitro groups is 1. The van der Waals surface area contributed by atoms with Crippen molar-refractivity contribution < 1.29 is 4.92 Å². The molecule has 9 heteroatoms. The molecule has 0 spiro atoms. The summed E-state index contributed by atoms with van der Waals surface area (Å²) in [6, 6.07) is 2.67. The molecule has 0 saturated heterocycles. The van der Waals surface area contributed by atoms with Crippen molar-refractivity contribution in [3.63, 3.8) is 0 Å². The Kier molecular flexibility index (Phi) is 2.40. The summed E-state index contributed by atoms with van der Waals surface area (Å²) in [5, 5.41) is 22.5. The van der Waals surface area contributed by atoms with Crippen LogP contribution in [0.25, 0.3) is 0 Å². The molecule has 1 aliphatic heterocycles. The summed E-state index contributed by atoms with van der Waals surface area (Å²) in [7, 11) is 0. The van der Waals surface area contributed by atoms with Gasteiger partial charge in [-0.3, -0.25) is 15.5 Å². The summed E-state index contributed by atoms with van der Waals surface area (Å²) >= 11 is 3.07. The lowest BCUT2D eigenvalue weighted by Crippen LogP contribution is -2.44. The van der Waals surface area contributed by atoms with Crippen LogP contribution >= 0.6 is 15.9 Å². The number of guanidine groups is 1. The van der Waals surface area contributed by atoms with E-state index in [-0.39, 0.29) is 23.0 Å². The number of benzene rings is 1. The van der Waals surface area contributed by atoms with Crippen molar-refractivity contribution in [2.24, 2.45) is 10.7 Å². The molecule has 1 aromatic carbocycles. The predicted octanol–water partition coefficient (Wildman–Crippen LogP) is 1.13. The fraction of sp³-hybridized carbons (Fsp3) is 0. The summed E-state index contributed by atoms with van der Waals surface area (Å²) in [5.74, 6) is -0.187. The van der Waals surface area contributed by atoms with Crippen molar-refractivity contribution in [1.29, 1.82) is 0 Å². The zero-order valence-corrected chi connectivity index (χ0v) is 9.26. The van der Waals surface area contributed by atoms with E-state index < -0.39 is 4.92 Å². The minimum absolute atomic E-state index is 0.0373. The number of aliphatic imine (C=N–C) groups is 1. The number of hydrazine groups is 1. The van der Waals surface area contributed by atoms with Crippen molar-refractivity contribution in [3.05, 3.63) is 31.9 Å². The number of nitrogens with two attached hydrogens (primary N) is 1. The van der Waals surface area contributed by atoms with E-state index in [4.69, 9.17) is 5.73 Å². The minimum Gasteiger partial charge on any atom is -0.739 e. The summed E-state index contributed by atoms with van der Waals surface area (Å²) in [6.45, 7) is 0. The Labute approximate surface area is 97.6 Å². The third kappa shape index (κ3) is 1.66. The Bertz CT molecular complexity index is 503. The van der Waals surface area contributed by atoms with Crippen LogP contribution in [0, 0.1) is 15.3 Å². The van der Waals surface area contributed by atoms with Crippen LogP contribution in [-0.2, 0) is 0 Å². The highest BCUT2D eigenvalue weighted by Crippen LogP contribution is 2.40. The molecule has 1 aliphatic rings. The summed E-state index contributed by atoms with van der Waals surface area (Å²) < 4.78 is 0.413. The first kappa shape index (κ1) is 10.6. The van der Waals surface area contributed by atoms with Crippen molar-refractivity contribution in [3.8, 4) is 0 Å². The van der Waals surface area contributed by atoms with Crippen molar-refractivity contribution in [2.45, 2.75) is 0 Å². The lowest BCUT2D eigenvalue weighted by Gasteiger charge is -2.34. The third-order valence-electron chi connectivity index (χ3n) is 1.90. The maximum Gasteiger partial charge on any atom is 0.298 e. The van der Waals surface area contributed by atoms with Gasteiger partial charge in [-0.2, -0.15) is 0 Å². The molecule has 0 atom stereocenters. The minimum atomic E-state index is -0.625. The number of anilines is 1. The van der Waals surface area contributed by atoms with E-state index in [2.05, 4.69) is 26.3 Å². The average Bonchev–Trinajstić information content (AvgIpc) is 2.18. The Morgan fingerprint density at radius 3 is 2.88 bits per heavy atom. The highest BCUT2D eigenvalue weighted by molar-refractivity contribution is 9.10. The molecule has 1 heterocycles. The molecule has 0 aliphatic carbocycles.